The van der Waals surface area contributed by atoms with E-state index in [4.69, 9.17) is 10.5 Å². The van der Waals surface area contributed by atoms with Gasteiger partial charge in [0.05, 0.1) is 11.9 Å². The number of H-pyrrole nitrogens is 1. The number of ketones is 1. The van der Waals surface area contributed by atoms with E-state index in [1.807, 2.05) is 31.2 Å². The first kappa shape index (κ1) is 18.9. The van der Waals surface area contributed by atoms with Crippen LogP contribution in [-0.4, -0.2) is 38.6 Å². The number of thioether (sulfide) groups is 1. The number of nitrogens with one attached hydrogen (secondary N) is 1. The van der Waals surface area contributed by atoms with Gasteiger partial charge in [0.25, 0.3) is 0 Å². The number of nitrogens with zero attached hydrogens (tertiary/aromatic N) is 2. The Balaban J connectivity index is 1.81. The molecular weight excluding hydrogens is 364 g/mol. The van der Waals surface area contributed by atoms with Crippen molar-refractivity contribution < 1.29 is 14.3 Å². The Morgan fingerprint density at radius 3 is 2.78 bits per heavy atom. The zero-order chi connectivity index (χ0) is 19.6. The van der Waals surface area contributed by atoms with Crippen molar-refractivity contribution in [3.8, 4) is 0 Å². The number of aromatic amines is 1. The van der Waals surface area contributed by atoms with E-state index >= 15 is 0 Å². The summed E-state index contributed by atoms with van der Waals surface area (Å²) in [5.74, 6) is -0.550. The van der Waals surface area contributed by atoms with E-state index in [1.165, 1.54) is 18.0 Å². The van der Waals surface area contributed by atoms with Crippen molar-refractivity contribution in [3.63, 3.8) is 0 Å². The van der Waals surface area contributed by atoms with Crippen LogP contribution >= 0.6 is 11.8 Å². The molecule has 0 bridgehead atoms. The van der Waals surface area contributed by atoms with Gasteiger partial charge in [-0.2, -0.15) is 0 Å². The number of nitrogens with two attached hydrogens (primary N) is 1. The van der Waals surface area contributed by atoms with Gasteiger partial charge in [-0.05, 0) is 26.8 Å². The van der Waals surface area contributed by atoms with Crippen molar-refractivity contribution in [1.82, 2.24) is 15.0 Å². The lowest BCUT2D eigenvalue weighted by Crippen LogP contribution is -2.16. The first-order valence-electron chi connectivity index (χ1n) is 8.50. The van der Waals surface area contributed by atoms with Crippen LogP contribution in [0.2, 0.25) is 0 Å². The summed E-state index contributed by atoms with van der Waals surface area (Å²) >= 11 is 1.20. The maximum Gasteiger partial charge on any atom is 0.343 e. The molecule has 0 aliphatic carbocycles. The van der Waals surface area contributed by atoms with Gasteiger partial charge >= 0.3 is 5.97 Å². The van der Waals surface area contributed by atoms with E-state index in [1.54, 1.807) is 13.8 Å². The van der Waals surface area contributed by atoms with Crippen LogP contribution in [0.25, 0.3) is 10.9 Å². The third kappa shape index (κ3) is 3.80. The van der Waals surface area contributed by atoms with Gasteiger partial charge in [0.2, 0.25) is 0 Å². The molecule has 3 N–H and O–H groups in total. The first-order valence-corrected chi connectivity index (χ1v) is 9.38. The first-order chi connectivity index (χ1) is 12.9. The van der Waals surface area contributed by atoms with E-state index in [-0.39, 0.29) is 23.8 Å². The maximum absolute atomic E-state index is 13.0. The lowest BCUT2D eigenvalue weighted by Gasteiger charge is -2.11. The molecule has 8 heteroatoms. The zero-order valence-corrected chi connectivity index (χ0v) is 16.1. The van der Waals surface area contributed by atoms with Crippen LogP contribution in [0.3, 0.4) is 0 Å². The number of aromatic nitrogens is 3. The number of fused-ring (bicyclic) bond motifs is 1. The Labute approximate surface area is 160 Å². The molecule has 1 aromatic carbocycles. The van der Waals surface area contributed by atoms with Crippen molar-refractivity contribution in [3.05, 3.63) is 47.3 Å². The van der Waals surface area contributed by atoms with Gasteiger partial charge in [0, 0.05) is 28.4 Å². The molecule has 7 nitrogen and oxygen atoms in total. The summed E-state index contributed by atoms with van der Waals surface area (Å²) in [4.78, 5) is 36.3. The molecule has 27 heavy (non-hydrogen) atoms. The van der Waals surface area contributed by atoms with Crippen LogP contribution in [0.5, 0.6) is 0 Å². The van der Waals surface area contributed by atoms with E-state index in [2.05, 4.69) is 15.0 Å². The highest BCUT2D eigenvalue weighted by molar-refractivity contribution is 8.00. The number of carbonyl (C=O) groups is 2. The molecule has 1 atom stereocenters. The van der Waals surface area contributed by atoms with E-state index in [0.29, 0.717) is 10.7 Å². The van der Waals surface area contributed by atoms with E-state index in [9.17, 15) is 9.59 Å². The average Bonchev–Trinajstić information content (AvgIpc) is 2.97. The fourth-order valence-corrected chi connectivity index (χ4v) is 3.62. The third-order valence-corrected chi connectivity index (χ3v) is 5.06. The fraction of sp³-hybridized carbons (Fsp3) is 0.263. The largest absolute Gasteiger partial charge is 0.462 e. The van der Waals surface area contributed by atoms with E-state index in [0.717, 1.165) is 16.6 Å². The summed E-state index contributed by atoms with van der Waals surface area (Å²) in [5.41, 5.74) is 8.38. The summed E-state index contributed by atoms with van der Waals surface area (Å²) in [6, 6.07) is 7.69. The summed E-state index contributed by atoms with van der Waals surface area (Å²) in [5, 5.41) is 0.806. The maximum atomic E-state index is 13.0. The fourth-order valence-electron chi connectivity index (χ4n) is 2.81. The standard InChI is InChI=1S/C19H20N4O3S/c1-4-26-18(25)13-9-21-19(23-17(13)20)27-11(3)16(24)15-10(2)22-14-8-6-5-7-12(14)15/h5-9,11,22H,4H2,1-3H3,(H2,20,21,23)/t11-/m0/s1. The van der Waals surface area contributed by atoms with Crippen LogP contribution < -0.4 is 5.73 Å². The van der Waals surface area contributed by atoms with Gasteiger partial charge in [-0.25, -0.2) is 14.8 Å². The summed E-state index contributed by atoms with van der Waals surface area (Å²) in [6.45, 7) is 5.63. The molecule has 2 heterocycles. The number of Topliss-reactive ketones (excluding diaryl/α,β-unsaturated/α-hetero) is 1. The number of aryl methyl sites for hydroxylation is 1. The molecule has 0 amide bonds. The van der Waals surface area contributed by atoms with Gasteiger partial charge in [0.1, 0.15) is 11.4 Å². The van der Waals surface area contributed by atoms with Gasteiger partial charge in [-0.15, -0.1) is 0 Å². The van der Waals surface area contributed by atoms with E-state index < -0.39 is 11.2 Å². The number of esters is 1. The highest BCUT2D eigenvalue weighted by Crippen LogP contribution is 2.29. The molecule has 3 aromatic rings. The predicted octanol–water partition coefficient (Wildman–Crippen LogP) is 3.39. The van der Waals surface area contributed by atoms with Crippen molar-refractivity contribution in [2.24, 2.45) is 0 Å². The smallest absolute Gasteiger partial charge is 0.343 e. The zero-order valence-electron chi connectivity index (χ0n) is 15.3. The minimum Gasteiger partial charge on any atom is -0.462 e. The van der Waals surface area contributed by atoms with Crippen LogP contribution in [-0.2, 0) is 4.74 Å². The summed E-state index contributed by atoms with van der Waals surface area (Å²) in [7, 11) is 0. The molecule has 140 valence electrons. The molecule has 0 saturated heterocycles. The minimum atomic E-state index is -0.565. The number of hydrogen-bond acceptors (Lipinski definition) is 7. The Bertz CT molecular complexity index is 1020. The predicted molar refractivity (Wildman–Crippen MR) is 105 cm³/mol. The number of anilines is 1. The lowest BCUT2D eigenvalue weighted by atomic mass is 10.1. The number of rotatable bonds is 6. The second-order valence-corrected chi connectivity index (χ2v) is 7.27. The topological polar surface area (TPSA) is 111 Å². The molecule has 0 aliphatic rings. The number of nitrogen functional groups attached to an aromatic ring is 1. The molecular formula is C19H20N4O3S. The molecule has 0 spiro atoms. The van der Waals surface area contributed by atoms with Gasteiger partial charge in [0.15, 0.2) is 10.9 Å². The van der Waals surface area contributed by atoms with Gasteiger partial charge in [-0.1, -0.05) is 30.0 Å². The highest BCUT2D eigenvalue weighted by atomic mass is 32.2. The second kappa shape index (κ2) is 7.79. The van der Waals surface area contributed by atoms with Crippen molar-refractivity contribution >= 4 is 40.2 Å². The van der Waals surface area contributed by atoms with Crippen molar-refractivity contribution in [2.75, 3.05) is 12.3 Å². The Morgan fingerprint density at radius 1 is 1.33 bits per heavy atom. The number of benzene rings is 1. The van der Waals surface area contributed by atoms with Crippen LogP contribution in [0.15, 0.2) is 35.6 Å². The Kier molecular flexibility index (Phi) is 5.46. The molecule has 3 rings (SSSR count). The summed E-state index contributed by atoms with van der Waals surface area (Å²) in [6.07, 6.45) is 1.33. The molecule has 0 saturated carbocycles. The molecule has 0 unspecified atom stereocenters. The highest BCUT2D eigenvalue weighted by Gasteiger charge is 2.24. The number of para-hydroxylation sites is 1. The second-order valence-electron chi connectivity index (χ2n) is 5.97. The summed E-state index contributed by atoms with van der Waals surface area (Å²) < 4.78 is 4.91. The van der Waals surface area contributed by atoms with Crippen molar-refractivity contribution in [2.45, 2.75) is 31.2 Å². The van der Waals surface area contributed by atoms with Crippen LogP contribution in [0.1, 0.15) is 40.3 Å². The SMILES string of the molecule is CCOC(=O)c1cnc(S[C@@H](C)C(=O)c2c(C)[nH]c3ccccc23)nc1N. The van der Waals surface area contributed by atoms with Crippen LogP contribution in [0.4, 0.5) is 5.82 Å². The minimum absolute atomic E-state index is 0.0217. The Hall–Kier alpha value is -2.87. The third-order valence-electron chi connectivity index (χ3n) is 4.08. The molecule has 2 aromatic heterocycles. The normalized spacial score (nSPS) is 12.1. The van der Waals surface area contributed by atoms with Crippen LogP contribution in [0, 0.1) is 6.92 Å². The Morgan fingerprint density at radius 2 is 2.07 bits per heavy atom. The number of carbonyl (C=O) groups excluding carboxylic acids is 2. The lowest BCUT2D eigenvalue weighted by molar-refractivity contribution is 0.0526. The molecule has 0 aliphatic heterocycles. The number of ether oxygens (including phenoxy) is 1. The molecule has 0 radical (unpaired) electrons. The quantitative estimate of drug-likeness (QED) is 0.290. The van der Waals surface area contributed by atoms with Crippen molar-refractivity contribution in [1.29, 1.82) is 0 Å². The van der Waals surface area contributed by atoms with Gasteiger partial charge < -0.3 is 15.5 Å². The number of hydrogen-bond donors (Lipinski definition) is 2. The monoisotopic (exact) mass is 384 g/mol. The van der Waals surface area contributed by atoms with Gasteiger partial charge in [-0.3, -0.25) is 4.79 Å². The molecule has 0 fully saturated rings. The average molecular weight is 384 g/mol.